The maximum atomic E-state index is 5.88. The third-order valence-corrected chi connectivity index (χ3v) is 3.22. The molecule has 0 spiro atoms. The highest BCUT2D eigenvalue weighted by Gasteiger charge is 2.23. The minimum Gasteiger partial charge on any atom is -0.493 e. The number of benzene rings is 2. The van der Waals surface area contributed by atoms with Crippen molar-refractivity contribution >= 4 is 0 Å². The highest BCUT2D eigenvalue weighted by Crippen LogP contribution is 2.27. The van der Waals surface area contributed by atoms with Gasteiger partial charge < -0.3 is 4.74 Å². The first-order chi connectivity index (χ1) is 8.59. The van der Waals surface area contributed by atoms with Gasteiger partial charge in [0.15, 0.2) is 0 Å². The number of aryl methyl sites for hydroxylation is 1. The van der Waals surface area contributed by atoms with Gasteiger partial charge in [0.05, 0.1) is 6.61 Å². The summed E-state index contributed by atoms with van der Waals surface area (Å²) in [6.45, 7) is 7.28. The van der Waals surface area contributed by atoms with Crippen molar-refractivity contribution in [3.8, 4) is 5.75 Å². The van der Waals surface area contributed by atoms with Crippen molar-refractivity contribution in [1.29, 1.82) is 0 Å². The molecule has 2 rings (SSSR count). The second kappa shape index (κ2) is 5.26. The van der Waals surface area contributed by atoms with Gasteiger partial charge in [-0.2, -0.15) is 0 Å². The topological polar surface area (TPSA) is 9.23 Å². The summed E-state index contributed by atoms with van der Waals surface area (Å²) in [6, 6.07) is 18.5. The van der Waals surface area contributed by atoms with Crippen LogP contribution >= 0.6 is 0 Å². The van der Waals surface area contributed by atoms with E-state index in [1.54, 1.807) is 0 Å². The molecule has 0 radical (unpaired) electrons. The van der Waals surface area contributed by atoms with E-state index in [1.807, 2.05) is 30.3 Å². The first kappa shape index (κ1) is 12.7. The van der Waals surface area contributed by atoms with Crippen molar-refractivity contribution in [3.63, 3.8) is 0 Å². The molecule has 2 aromatic carbocycles. The number of hydrogen-bond acceptors (Lipinski definition) is 1. The molecule has 0 bridgehead atoms. The van der Waals surface area contributed by atoms with Gasteiger partial charge >= 0.3 is 0 Å². The van der Waals surface area contributed by atoms with Crippen LogP contribution in [-0.4, -0.2) is 6.61 Å². The average molecular weight is 240 g/mol. The third-order valence-electron chi connectivity index (χ3n) is 3.22. The highest BCUT2D eigenvalue weighted by molar-refractivity contribution is 5.32. The van der Waals surface area contributed by atoms with E-state index in [-0.39, 0.29) is 5.41 Å². The Hall–Kier alpha value is -1.76. The van der Waals surface area contributed by atoms with E-state index in [9.17, 15) is 0 Å². The SMILES string of the molecule is Cc1ccccc1C(C)(C)COc1ccccc1. The monoisotopic (exact) mass is 240 g/mol. The summed E-state index contributed by atoms with van der Waals surface area (Å²) in [7, 11) is 0. The Morgan fingerprint density at radius 3 is 2.17 bits per heavy atom. The number of hydrogen-bond donors (Lipinski definition) is 0. The molecule has 18 heavy (non-hydrogen) atoms. The summed E-state index contributed by atoms with van der Waals surface area (Å²) in [6.07, 6.45) is 0. The molecular weight excluding hydrogens is 220 g/mol. The molecule has 94 valence electrons. The van der Waals surface area contributed by atoms with Crippen molar-refractivity contribution < 1.29 is 4.74 Å². The third kappa shape index (κ3) is 2.92. The van der Waals surface area contributed by atoms with E-state index >= 15 is 0 Å². The standard InChI is InChI=1S/C17H20O/c1-14-9-7-8-12-16(14)17(2,3)13-18-15-10-5-4-6-11-15/h4-12H,13H2,1-3H3. The van der Waals surface area contributed by atoms with Crippen molar-refractivity contribution in [1.82, 2.24) is 0 Å². The molecule has 0 aromatic heterocycles. The van der Waals surface area contributed by atoms with Gasteiger partial charge in [-0.25, -0.2) is 0 Å². The normalized spacial score (nSPS) is 11.3. The molecule has 0 heterocycles. The van der Waals surface area contributed by atoms with Crippen LogP contribution in [0.2, 0.25) is 0 Å². The zero-order valence-electron chi connectivity index (χ0n) is 11.3. The van der Waals surface area contributed by atoms with E-state index < -0.39 is 0 Å². The van der Waals surface area contributed by atoms with Gasteiger partial charge in [0.1, 0.15) is 5.75 Å². The van der Waals surface area contributed by atoms with Gasteiger partial charge in [-0.15, -0.1) is 0 Å². The van der Waals surface area contributed by atoms with Crippen molar-refractivity contribution in [3.05, 3.63) is 65.7 Å². The minimum absolute atomic E-state index is 0.0151. The van der Waals surface area contributed by atoms with Gasteiger partial charge in [-0.3, -0.25) is 0 Å². The maximum Gasteiger partial charge on any atom is 0.119 e. The fourth-order valence-electron chi connectivity index (χ4n) is 2.19. The minimum atomic E-state index is 0.0151. The second-order valence-electron chi connectivity index (χ2n) is 5.30. The smallest absolute Gasteiger partial charge is 0.119 e. The molecule has 0 aliphatic rings. The van der Waals surface area contributed by atoms with Gasteiger partial charge in [0.25, 0.3) is 0 Å². The lowest BCUT2D eigenvalue weighted by molar-refractivity contribution is 0.240. The van der Waals surface area contributed by atoms with Crippen LogP contribution in [0.15, 0.2) is 54.6 Å². The molecule has 0 saturated carbocycles. The van der Waals surface area contributed by atoms with Crippen molar-refractivity contribution in [2.24, 2.45) is 0 Å². The second-order valence-corrected chi connectivity index (χ2v) is 5.30. The molecule has 0 saturated heterocycles. The predicted molar refractivity (Wildman–Crippen MR) is 76.1 cm³/mol. The van der Waals surface area contributed by atoms with E-state index in [2.05, 4.69) is 45.0 Å². The van der Waals surface area contributed by atoms with Crippen LogP contribution in [0, 0.1) is 6.92 Å². The average Bonchev–Trinajstić information content (AvgIpc) is 2.38. The van der Waals surface area contributed by atoms with Crippen molar-refractivity contribution in [2.75, 3.05) is 6.61 Å². The van der Waals surface area contributed by atoms with E-state index in [4.69, 9.17) is 4.74 Å². The zero-order valence-corrected chi connectivity index (χ0v) is 11.3. The van der Waals surface area contributed by atoms with Crippen LogP contribution < -0.4 is 4.74 Å². The van der Waals surface area contributed by atoms with Crippen LogP contribution in [-0.2, 0) is 5.41 Å². The quantitative estimate of drug-likeness (QED) is 0.772. The molecule has 2 aromatic rings. The van der Waals surface area contributed by atoms with Crippen LogP contribution in [0.1, 0.15) is 25.0 Å². The Bertz CT molecular complexity index is 500. The zero-order chi connectivity index (χ0) is 13.0. The highest BCUT2D eigenvalue weighted by atomic mass is 16.5. The molecule has 0 aliphatic carbocycles. The number of ether oxygens (including phenoxy) is 1. The molecule has 1 nitrogen and oxygen atoms in total. The van der Waals surface area contributed by atoms with Crippen LogP contribution in [0.4, 0.5) is 0 Å². The van der Waals surface area contributed by atoms with Crippen LogP contribution in [0.25, 0.3) is 0 Å². The first-order valence-corrected chi connectivity index (χ1v) is 6.33. The summed E-state index contributed by atoms with van der Waals surface area (Å²) in [5.74, 6) is 0.930. The maximum absolute atomic E-state index is 5.88. The van der Waals surface area contributed by atoms with Crippen LogP contribution in [0.5, 0.6) is 5.75 Å². The van der Waals surface area contributed by atoms with E-state index in [0.29, 0.717) is 6.61 Å². The Balaban J connectivity index is 2.11. The summed E-state index contributed by atoms with van der Waals surface area (Å²) in [5, 5.41) is 0. The molecule has 0 atom stereocenters. The van der Waals surface area contributed by atoms with Crippen molar-refractivity contribution in [2.45, 2.75) is 26.2 Å². The Kier molecular flexibility index (Phi) is 3.71. The summed E-state index contributed by atoms with van der Waals surface area (Å²) >= 11 is 0. The lowest BCUT2D eigenvalue weighted by Crippen LogP contribution is -2.27. The fraction of sp³-hybridized carbons (Fsp3) is 0.294. The fourth-order valence-corrected chi connectivity index (χ4v) is 2.19. The molecule has 0 aliphatic heterocycles. The molecular formula is C17H20O. The largest absolute Gasteiger partial charge is 0.493 e. The van der Waals surface area contributed by atoms with E-state index in [0.717, 1.165) is 5.75 Å². The molecule has 0 N–H and O–H groups in total. The number of para-hydroxylation sites is 1. The number of rotatable bonds is 4. The van der Waals surface area contributed by atoms with Crippen LogP contribution in [0.3, 0.4) is 0 Å². The Morgan fingerprint density at radius 2 is 1.50 bits per heavy atom. The molecule has 0 amide bonds. The van der Waals surface area contributed by atoms with E-state index in [1.165, 1.54) is 11.1 Å². The molecule has 0 fully saturated rings. The summed E-state index contributed by atoms with van der Waals surface area (Å²) < 4.78 is 5.88. The molecule has 1 heteroatoms. The lowest BCUT2D eigenvalue weighted by atomic mass is 9.83. The Labute approximate surface area is 109 Å². The predicted octanol–water partition coefficient (Wildman–Crippen LogP) is 4.35. The first-order valence-electron chi connectivity index (χ1n) is 6.33. The summed E-state index contributed by atoms with van der Waals surface area (Å²) in [5.41, 5.74) is 2.68. The van der Waals surface area contributed by atoms with Gasteiger partial charge in [0, 0.05) is 5.41 Å². The summed E-state index contributed by atoms with van der Waals surface area (Å²) in [4.78, 5) is 0. The van der Waals surface area contributed by atoms with Gasteiger partial charge in [-0.05, 0) is 30.2 Å². The Morgan fingerprint density at radius 1 is 0.889 bits per heavy atom. The van der Waals surface area contributed by atoms with Gasteiger partial charge in [-0.1, -0.05) is 56.3 Å². The van der Waals surface area contributed by atoms with Gasteiger partial charge in [0.2, 0.25) is 0 Å². The lowest BCUT2D eigenvalue weighted by Gasteiger charge is -2.27. The molecule has 0 unspecified atom stereocenters.